The predicted molar refractivity (Wildman–Crippen MR) is 71.9 cm³/mol. The Labute approximate surface area is 106 Å². The van der Waals surface area contributed by atoms with Crippen molar-refractivity contribution in [1.29, 1.82) is 0 Å². The first-order valence-electron chi connectivity index (χ1n) is 5.66. The summed E-state index contributed by atoms with van der Waals surface area (Å²) in [7, 11) is 0. The van der Waals surface area contributed by atoms with E-state index in [-0.39, 0.29) is 18.3 Å². The van der Waals surface area contributed by atoms with Crippen molar-refractivity contribution in [3.63, 3.8) is 0 Å². The highest BCUT2D eigenvalue weighted by Gasteiger charge is 1.95. The van der Waals surface area contributed by atoms with Gasteiger partial charge < -0.3 is 17.2 Å². The summed E-state index contributed by atoms with van der Waals surface area (Å²) in [6.07, 6.45) is 1.67. The van der Waals surface area contributed by atoms with Crippen molar-refractivity contribution in [2.45, 2.75) is 12.8 Å². The number of amidine groups is 1. The Morgan fingerprint density at radius 2 is 1.72 bits per heavy atom. The maximum absolute atomic E-state index is 12.7. The van der Waals surface area contributed by atoms with Crippen molar-refractivity contribution in [1.82, 2.24) is 0 Å². The van der Waals surface area contributed by atoms with E-state index in [2.05, 4.69) is 9.98 Å². The summed E-state index contributed by atoms with van der Waals surface area (Å²) in [6, 6.07) is 6.43. The van der Waals surface area contributed by atoms with Crippen molar-refractivity contribution >= 4 is 11.8 Å². The minimum atomic E-state index is -0.224. The molecule has 1 rings (SSSR count). The van der Waals surface area contributed by atoms with Gasteiger partial charge in [0.05, 0.1) is 6.54 Å². The largest absolute Gasteiger partial charge is 0.386 e. The molecular formula is C12H18FN5. The quantitative estimate of drug-likeness (QED) is 0.387. The van der Waals surface area contributed by atoms with E-state index in [0.29, 0.717) is 12.4 Å². The van der Waals surface area contributed by atoms with Gasteiger partial charge in [0.2, 0.25) is 0 Å². The summed E-state index contributed by atoms with van der Waals surface area (Å²) in [5.41, 5.74) is 17.0. The average molecular weight is 251 g/mol. The van der Waals surface area contributed by atoms with E-state index in [1.807, 2.05) is 0 Å². The zero-order chi connectivity index (χ0) is 13.4. The molecule has 6 N–H and O–H groups in total. The molecular weight excluding hydrogens is 233 g/mol. The minimum absolute atomic E-state index is 0.000498. The summed E-state index contributed by atoms with van der Waals surface area (Å²) >= 11 is 0. The molecule has 0 spiro atoms. The fraction of sp³-hybridized carbons (Fsp3) is 0.333. The normalized spacial score (nSPS) is 11.3. The molecule has 0 heterocycles. The Morgan fingerprint density at radius 1 is 1.06 bits per heavy atom. The third kappa shape index (κ3) is 5.83. The van der Waals surface area contributed by atoms with E-state index in [1.54, 1.807) is 12.1 Å². The van der Waals surface area contributed by atoms with Crippen LogP contribution in [0.2, 0.25) is 0 Å². The number of hydrogen-bond donors (Lipinski definition) is 3. The van der Waals surface area contributed by atoms with Crippen molar-refractivity contribution in [3.05, 3.63) is 35.6 Å². The first kappa shape index (κ1) is 14.0. The van der Waals surface area contributed by atoms with Crippen LogP contribution in [0.1, 0.15) is 12.0 Å². The van der Waals surface area contributed by atoms with Crippen LogP contribution in [0.3, 0.4) is 0 Å². The molecule has 0 radical (unpaired) electrons. The van der Waals surface area contributed by atoms with Crippen LogP contribution in [0.15, 0.2) is 34.3 Å². The van der Waals surface area contributed by atoms with Gasteiger partial charge in [0.25, 0.3) is 0 Å². The molecule has 1 aromatic rings. The van der Waals surface area contributed by atoms with Crippen LogP contribution >= 0.6 is 0 Å². The van der Waals surface area contributed by atoms with Gasteiger partial charge in [-0.2, -0.15) is 0 Å². The van der Waals surface area contributed by atoms with Crippen LogP contribution in [-0.2, 0) is 6.42 Å². The van der Waals surface area contributed by atoms with Gasteiger partial charge in [-0.3, -0.25) is 4.99 Å². The van der Waals surface area contributed by atoms with Gasteiger partial charge in [0.1, 0.15) is 11.7 Å². The van der Waals surface area contributed by atoms with Crippen LogP contribution in [0.4, 0.5) is 4.39 Å². The highest BCUT2D eigenvalue weighted by atomic mass is 19.1. The summed E-state index contributed by atoms with van der Waals surface area (Å²) in [6.45, 7) is 0.822. The number of nitrogens with two attached hydrogens (primary N) is 3. The molecule has 18 heavy (non-hydrogen) atoms. The van der Waals surface area contributed by atoms with E-state index in [0.717, 1.165) is 18.4 Å². The molecule has 0 bridgehead atoms. The summed E-state index contributed by atoms with van der Waals surface area (Å²) < 4.78 is 12.7. The predicted octanol–water partition coefficient (Wildman–Crippen LogP) is 0.389. The van der Waals surface area contributed by atoms with Gasteiger partial charge in [0.15, 0.2) is 5.96 Å². The molecule has 0 saturated carbocycles. The monoisotopic (exact) mass is 251 g/mol. The number of nitrogens with zero attached hydrogens (tertiary/aromatic N) is 2. The second-order valence-electron chi connectivity index (χ2n) is 3.84. The van der Waals surface area contributed by atoms with E-state index in [4.69, 9.17) is 17.2 Å². The van der Waals surface area contributed by atoms with E-state index >= 15 is 0 Å². The number of aryl methyl sites for hydroxylation is 1. The minimum Gasteiger partial charge on any atom is -0.386 e. The van der Waals surface area contributed by atoms with E-state index < -0.39 is 0 Å². The molecule has 0 unspecified atom stereocenters. The lowest BCUT2D eigenvalue weighted by atomic mass is 10.1. The molecule has 0 fully saturated rings. The molecule has 0 aliphatic carbocycles. The SMILES string of the molecule is NC(N)=NCC(N)=NCCCc1ccc(F)cc1. The number of guanidine groups is 1. The fourth-order valence-electron chi connectivity index (χ4n) is 1.38. The number of halogens is 1. The first-order valence-corrected chi connectivity index (χ1v) is 5.66. The Kier molecular flexibility index (Phi) is 5.63. The zero-order valence-corrected chi connectivity index (χ0v) is 10.1. The van der Waals surface area contributed by atoms with Gasteiger partial charge in [-0.05, 0) is 30.5 Å². The van der Waals surface area contributed by atoms with Crippen LogP contribution < -0.4 is 17.2 Å². The van der Waals surface area contributed by atoms with Crippen molar-refractivity contribution in [2.75, 3.05) is 13.1 Å². The Balaban J connectivity index is 2.27. The van der Waals surface area contributed by atoms with Gasteiger partial charge in [-0.15, -0.1) is 0 Å². The van der Waals surface area contributed by atoms with Crippen LogP contribution in [0.25, 0.3) is 0 Å². The number of hydrogen-bond acceptors (Lipinski definition) is 2. The number of rotatable bonds is 6. The van der Waals surface area contributed by atoms with Gasteiger partial charge in [-0.1, -0.05) is 12.1 Å². The standard InChI is InChI=1S/C12H18FN5/c13-10-5-3-9(4-6-10)2-1-7-17-11(14)8-18-12(15)16/h3-6H,1-2,7-8H2,(H2,14,17)(H4,15,16,18). The van der Waals surface area contributed by atoms with Gasteiger partial charge in [0, 0.05) is 6.54 Å². The lowest BCUT2D eigenvalue weighted by Gasteiger charge is -2.00. The van der Waals surface area contributed by atoms with E-state index in [1.165, 1.54) is 12.1 Å². The van der Waals surface area contributed by atoms with Gasteiger partial charge in [-0.25, -0.2) is 9.38 Å². The number of benzene rings is 1. The molecule has 0 aliphatic rings. The second-order valence-corrected chi connectivity index (χ2v) is 3.84. The zero-order valence-electron chi connectivity index (χ0n) is 10.1. The third-order valence-electron chi connectivity index (χ3n) is 2.28. The second kappa shape index (κ2) is 7.26. The van der Waals surface area contributed by atoms with Crippen molar-refractivity contribution < 1.29 is 4.39 Å². The van der Waals surface area contributed by atoms with Crippen LogP contribution in [0.5, 0.6) is 0 Å². The molecule has 0 amide bonds. The maximum atomic E-state index is 12.7. The molecule has 98 valence electrons. The highest BCUT2D eigenvalue weighted by molar-refractivity contribution is 5.85. The van der Waals surface area contributed by atoms with Gasteiger partial charge >= 0.3 is 0 Å². The molecule has 0 saturated heterocycles. The molecule has 0 aliphatic heterocycles. The summed E-state index contributed by atoms with van der Waals surface area (Å²) in [5.74, 6) is 0.181. The number of aliphatic imine (C=N–C) groups is 2. The average Bonchev–Trinajstić information content (AvgIpc) is 2.34. The third-order valence-corrected chi connectivity index (χ3v) is 2.28. The topological polar surface area (TPSA) is 103 Å². The molecule has 0 atom stereocenters. The van der Waals surface area contributed by atoms with Crippen molar-refractivity contribution in [3.8, 4) is 0 Å². The Hall–Kier alpha value is -2.11. The summed E-state index contributed by atoms with van der Waals surface area (Å²) in [5, 5.41) is 0. The maximum Gasteiger partial charge on any atom is 0.186 e. The lowest BCUT2D eigenvalue weighted by molar-refractivity contribution is 0.626. The highest BCUT2D eigenvalue weighted by Crippen LogP contribution is 2.05. The molecule has 5 nitrogen and oxygen atoms in total. The lowest BCUT2D eigenvalue weighted by Crippen LogP contribution is -2.26. The first-order chi connectivity index (χ1) is 8.58. The molecule has 0 aromatic heterocycles. The van der Waals surface area contributed by atoms with Crippen molar-refractivity contribution in [2.24, 2.45) is 27.2 Å². The van der Waals surface area contributed by atoms with E-state index in [9.17, 15) is 4.39 Å². The van der Waals surface area contributed by atoms with Crippen LogP contribution in [-0.4, -0.2) is 24.9 Å². The fourth-order valence-corrected chi connectivity index (χ4v) is 1.38. The molecule has 6 heteroatoms. The van der Waals surface area contributed by atoms with Crippen LogP contribution in [0, 0.1) is 5.82 Å². The Bertz CT molecular complexity index is 421. The summed E-state index contributed by atoms with van der Waals surface area (Å²) in [4.78, 5) is 7.88. The smallest absolute Gasteiger partial charge is 0.186 e. The molecule has 1 aromatic carbocycles. The Morgan fingerprint density at radius 3 is 2.33 bits per heavy atom.